The number of imide groups is 1. The second kappa shape index (κ2) is 22.9. The zero-order valence-electron chi connectivity index (χ0n) is 33.3. The number of aliphatic hydroxyl groups is 1. The summed E-state index contributed by atoms with van der Waals surface area (Å²) in [7, 11) is 2.59. The van der Waals surface area contributed by atoms with Crippen LogP contribution in [0.25, 0.3) is 0 Å². The number of carbonyl (C=O) groups is 5. The third-order valence-electron chi connectivity index (χ3n) is 9.74. The summed E-state index contributed by atoms with van der Waals surface area (Å²) in [5, 5.41) is 10.3. The predicted octanol–water partition coefficient (Wildman–Crippen LogP) is 3.92. The van der Waals surface area contributed by atoms with Crippen molar-refractivity contribution >= 4 is 29.5 Å². The van der Waals surface area contributed by atoms with Gasteiger partial charge in [0.25, 0.3) is 5.91 Å². The van der Waals surface area contributed by atoms with Crippen molar-refractivity contribution < 1.29 is 67.0 Å². The summed E-state index contributed by atoms with van der Waals surface area (Å²) in [6, 6.07) is 27.5. The van der Waals surface area contributed by atoms with Crippen LogP contribution in [0.15, 0.2) is 103 Å². The Balaban J connectivity index is 1.21. The highest BCUT2D eigenvalue weighted by atomic mass is 16.7. The van der Waals surface area contributed by atoms with E-state index in [-0.39, 0.29) is 52.3 Å². The van der Waals surface area contributed by atoms with Crippen LogP contribution in [0.1, 0.15) is 36.5 Å². The highest BCUT2D eigenvalue weighted by Gasteiger charge is 2.49. The van der Waals surface area contributed by atoms with E-state index in [2.05, 4.69) is 0 Å². The molecule has 0 aromatic heterocycles. The SMILES string of the molecule is COC1OC(CO)C(OCc2ccccc2)C(OCc2ccccc2)C1OCCCC(=O)C=CC(=O)C(OC(C)=O)C(OC)C(=O)N1C(=O)OCC1Cc1ccccc1. The number of ketones is 2. The van der Waals surface area contributed by atoms with Gasteiger partial charge in [-0.25, -0.2) is 9.69 Å². The van der Waals surface area contributed by atoms with Crippen LogP contribution in [0.3, 0.4) is 0 Å². The molecule has 59 heavy (non-hydrogen) atoms. The Kier molecular flexibility index (Phi) is 17.4. The Hall–Kier alpha value is -5.13. The number of carbonyl (C=O) groups excluding carboxylic acids is 5. The number of allylic oxidation sites excluding steroid dienone is 1. The first-order valence-corrected chi connectivity index (χ1v) is 19.3. The van der Waals surface area contributed by atoms with Crippen molar-refractivity contribution in [2.24, 2.45) is 0 Å². The first kappa shape index (κ1) is 45.0. The average Bonchev–Trinajstić information content (AvgIpc) is 3.62. The maximum absolute atomic E-state index is 13.7. The van der Waals surface area contributed by atoms with E-state index in [4.69, 9.17) is 37.9 Å². The summed E-state index contributed by atoms with van der Waals surface area (Å²) in [5.74, 6) is -3.18. The minimum atomic E-state index is -1.80. The van der Waals surface area contributed by atoms with Crippen molar-refractivity contribution in [3.8, 4) is 0 Å². The van der Waals surface area contributed by atoms with Gasteiger partial charge in [0.15, 0.2) is 30.1 Å². The lowest BCUT2D eigenvalue weighted by atomic mass is 9.98. The molecular formula is C44H51NO14. The van der Waals surface area contributed by atoms with Gasteiger partial charge in [-0.1, -0.05) is 91.0 Å². The highest BCUT2D eigenvalue weighted by Crippen LogP contribution is 2.30. The normalized spacial score (nSPS) is 22.8. The van der Waals surface area contributed by atoms with Gasteiger partial charge in [-0.15, -0.1) is 0 Å². The molecule has 2 saturated heterocycles. The fourth-order valence-electron chi connectivity index (χ4n) is 6.84. The van der Waals surface area contributed by atoms with E-state index in [9.17, 15) is 29.1 Å². The largest absolute Gasteiger partial charge is 0.451 e. The molecule has 3 aromatic rings. The Bertz CT molecular complexity index is 1840. The molecule has 3 aromatic carbocycles. The van der Waals surface area contributed by atoms with E-state index in [1.54, 1.807) is 0 Å². The number of benzene rings is 3. The van der Waals surface area contributed by atoms with Crippen LogP contribution < -0.4 is 0 Å². The number of esters is 1. The summed E-state index contributed by atoms with van der Waals surface area (Å²) < 4.78 is 46.4. The molecular weight excluding hydrogens is 766 g/mol. The van der Waals surface area contributed by atoms with Gasteiger partial charge < -0.3 is 43.0 Å². The summed E-state index contributed by atoms with van der Waals surface area (Å²) in [5.41, 5.74) is 2.66. The molecule has 8 unspecified atom stereocenters. The van der Waals surface area contributed by atoms with Crippen LogP contribution in [0.5, 0.6) is 0 Å². The van der Waals surface area contributed by atoms with Crippen molar-refractivity contribution in [2.75, 3.05) is 34.0 Å². The average molecular weight is 818 g/mol. The van der Waals surface area contributed by atoms with Crippen LogP contribution in [-0.4, -0.2) is 123 Å². The Morgan fingerprint density at radius 1 is 0.797 bits per heavy atom. The van der Waals surface area contributed by atoms with Gasteiger partial charge in [-0.2, -0.15) is 0 Å². The van der Waals surface area contributed by atoms with Crippen LogP contribution in [0, 0.1) is 0 Å². The number of rotatable bonds is 22. The number of amides is 2. The van der Waals surface area contributed by atoms with E-state index in [1.807, 2.05) is 91.0 Å². The standard InChI is InChI=1S/C44H51NO14/c1-29(47)58-37(40(52-2)42(50)45-33(28-57-44(45)51)24-30-14-7-4-8-15-30)35(49)22-21-34(48)20-13-23-54-41-39(56-27-32-18-11-6-12-19-32)38(36(25-46)59-43(41)53-3)55-26-31-16-9-5-10-17-31/h4-12,14-19,21-22,33,36-41,43,46H,13,20,23-28H2,1-3H3. The number of nitrogens with zero attached hydrogens (tertiary/aromatic N) is 1. The molecule has 5 rings (SSSR count). The quantitative estimate of drug-likeness (QED) is 0.0875. The molecule has 2 fully saturated rings. The molecule has 1 N–H and O–H groups in total. The van der Waals surface area contributed by atoms with Gasteiger partial charge in [-0.05, 0) is 41.7 Å². The van der Waals surface area contributed by atoms with Crippen molar-refractivity contribution in [1.82, 2.24) is 4.90 Å². The molecule has 15 nitrogen and oxygen atoms in total. The zero-order valence-corrected chi connectivity index (χ0v) is 33.3. The smallest absolute Gasteiger partial charge is 0.417 e. The Morgan fingerprint density at radius 3 is 1.95 bits per heavy atom. The lowest BCUT2D eigenvalue weighted by Crippen LogP contribution is -2.61. The first-order chi connectivity index (χ1) is 28.6. The zero-order chi connectivity index (χ0) is 42.1. The minimum absolute atomic E-state index is 0.0498. The number of cyclic esters (lactones) is 1. The van der Waals surface area contributed by atoms with Gasteiger partial charge in [0.2, 0.25) is 0 Å². The van der Waals surface area contributed by atoms with Crippen LogP contribution in [0.4, 0.5) is 4.79 Å². The molecule has 0 spiro atoms. The highest BCUT2D eigenvalue weighted by molar-refractivity contribution is 6.05. The van der Waals surface area contributed by atoms with Gasteiger partial charge in [0, 0.05) is 34.2 Å². The molecule has 2 amide bonds. The van der Waals surface area contributed by atoms with E-state index >= 15 is 0 Å². The third kappa shape index (κ3) is 12.7. The molecule has 2 heterocycles. The molecule has 2 aliphatic heterocycles. The number of aliphatic hydroxyl groups excluding tert-OH is 1. The number of hydrogen-bond acceptors (Lipinski definition) is 14. The lowest BCUT2D eigenvalue weighted by molar-refractivity contribution is -0.319. The fraction of sp³-hybridized carbons (Fsp3) is 0.432. The van der Waals surface area contributed by atoms with E-state index in [1.165, 1.54) is 7.11 Å². The number of hydrogen-bond donors (Lipinski definition) is 1. The lowest BCUT2D eigenvalue weighted by Gasteiger charge is -2.45. The predicted molar refractivity (Wildman–Crippen MR) is 209 cm³/mol. The minimum Gasteiger partial charge on any atom is -0.451 e. The maximum Gasteiger partial charge on any atom is 0.417 e. The third-order valence-corrected chi connectivity index (χ3v) is 9.74. The van der Waals surface area contributed by atoms with Crippen molar-refractivity contribution in [3.63, 3.8) is 0 Å². The number of ether oxygens (including phenoxy) is 8. The van der Waals surface area contributed by atoms with E-state index in [0.717, 1.165) is 47.8 Å². The van der Waals surface area contributed by atoms with Gasteiger partial charge in [-0.3, -0.25) is 19.2 Å². The van der Waals surface area contributed by atoms with Gasteiger partial charge in [0.05, 0.1) is 25.9 Å². The van der Waals surface area contributed by atoms with E-state index in [0.29, 0.717) is 0 Å². The molecule has 2 aliphatic rings. The molecule has 15 heteroatoms. The van der Waals surface area contributed by atoms with Crippen molar-refractivity contribution in [2.45, 2.75) is 88.4 Å². The fourth-order valence-corrected chi connectivity index (χ4v) is 6.84. The van der Waals surface area contributed by atoms with Gasteiger partial charge >= 0.3 is 12.1 Å². The van der Waals surface area contributed by atoms with Crippen LogP contribution >= 0.6 is 0 Å². The van der Waals surface area contributed by atoms with Crippen LogP contribution in [-0.2, 0) is 76.7 Å². The Labute approximate surface area is 343 Å². The summed E-state index contributed by atoms with van der Waals surface area (Å²) in [4.78, 5) is 65.7. The number of methoxy groups -OCH3 is 2. The van der Waals surface area contributed by atoms with Crippen molar-refractivity contribution in [1.29, 1.82) is 0 Å². The van der Waals surface area contributed by atoms with Crippen molar-refractivity contribution in [3.05, 3.63) is 120 Å². The summed E-state index contributed by atoms with van der Waals surface area (Å²) in [6.07, 6.45) is -6.13. The molecule has 0 radical (unpaired) electrons. The molecule has 0 aliphatic carbocycles. The molecule has 0 saturated carbocycles. The topological polar surface area (TPSA) is 183 Å². The molecule has 316 valence electrons. The molecule has 8 atom stereocenters. The van der Waals surface area contributed by atoms with Gasteiger partial charge in [0.1, 0.15) is 31.0 Å². The molecule has 0 bridgehead atoms. The monoisotopic (exact) mass is 817 g/mol. The maximum atomic E-state index is 13.7. The first-order valence-electron chi connectivity index (χ1n) is 19.3. The second-order valence-corrected chi connectivity index (χ2v) is 13.9. The van der Waals surface area contributed by atoms with E-state index < -0.39 is 78.5 Å². The summed E-state index contributed by atoms with van der Waals surface area (Å²) in [6.45, 7) is 1.09. The van der Waals surface area contributed by atoms with Crippen LogP contribution in [0.2, 0.25) is 0 Å². The Morgan fingerprint density at radius 2 is 1.39 bits per heavy atom. The second-order valence-electron chi connectivity index (χ2n) is 13.9. The summed E-state index contributed by atoms with van der Waals surface area (Å²) >= 11 is 0.